The first-order valence-corrected chi connectivity index (χ1v) is 12.3. The van der Waals surface area contributed by atoms with Gasteiger partial charge in [0.1, 0.15) is 11.3 Å². The third kappa shape index (κ3) is 4.26. The third-order valence-electron chi connectivity index (χ3n) is 7.25. The number of carboxylic acids is 2. The van der Waals surface area contributed by atoms with Crippen molar-refractivity contribution in [2.24, 2.45) is 0 Å². The van der Waals surface area contributed by atoms with Crippen LogP contribution in [0, 0.1) is 13.8 Å². The smallest absolute Gasteiger partial charge is 0.340 e. The molecule has 5 N–H and O–H groups in total. The standard InChI is InChI=1S/C30H30O10/c1-13-6-17-16(9-22(38-3)28(40-5)26(17)30(36)37)21(12-33)23(13)24-14(2)7-18-19(27(24)39-4)8-15(10-31)20(11-32)25(18)29(34)35/h6-9,31-33H,10-12H2,1-5H3,(H,34,35)(H,36,37). The number of aromatic carboxylic acids is 2. The maximum absolute atomic E-state index is 12.3. The Morgan fingerprint density at radius 2 is 1.18 bits per heavy atom. The molecule has 0 aliphatic carbocycles. The Morgan fingerprint density at radius 1 is 0.625 bits per heavy atom. The molecular weight excluding hydrogens is 520 g/mol. The molecule has 0 saturated heterocycles. The number of hydrogen-bond donors (Lipinski definition) is 5. The van der Waals surface area contributed by atoms with Crippen LogP contribution >= 0.6 is 0 Å². The third-order valence-corrected chi connectivity index (χ3v) is 7.25. The molecule has 0 atom stereocenters. The zero-order chi connectivity index (χ0) is 29.5. The van der Waals surface area contributed by atoms with Gasteiger partial charge in [-0.3, -0.25) is 0 Å². The molecule has 0 heterocycles. The number of rotatable bonds is 9. The van der Waals surface area contributed by atoms with E-state index < -0.39 is 31.8 Å². The fourth-order valence-electron chi connectivity index (χ4n) is 5.62. The van der Waals surface area contributed by atoms with E-state index in [1.54, 1.807) is 38.1 Å². The van der Waals surface area contributed by atoms with E-state index in [0.717, 1.165) is 0 Å². The quantitative estimate of drug-likeness (QED) is 0.204. The normalized spacial score (nSPS) is 11.2. The molecule has 10 nitrogen and oxygen atoms in total. The van der Waals surface area contributed by atoms with Gasteiger partial charge in [0.05, 0.1) is 46.7 Å². The Hall–Kier alpha value is -4.38. The first-order valence-electron chi connectivity index (χ1n) is 12.3. The molecule has 0 radical (unpaired) electrons. The molecule has 0 bridgehead atoms. The Kier molecular flexibility index (Phi) is 7.88. The highest BCUT2D eigenvalue weighted by Gasteiger charge is 2.28. The molecule has 4 aromatic carbocycles. The summed E-state index contributed by atoms with van der Waals surface area (Å²) in [5.41, 5.74) is 2.87. The molecule has 0 aliphatic heterocycles. The van der Waals surface area contributed by atoms with Crippen LogP contribution in [0.3, 0.4) is 0 Å². The molecule has 0 saturated carbocycles. The van der Waals surface area contributed by atoms with E-state index in [0.29, 0.717) is 55.1 Å². The van der Waals surface area contributed by atoms with E-state index in [2.05, 4.69) is 0 Å². The highest BCUT2D eigenvalue weighted by Crippen LogP contribution is 2.48. The van der Waals surface area contributed by atoms with E-state index in [9.17, 15) is 35.1 Å². The molecule has 0 spiro atoms. The highest BCUT2D eigenvalue weighted by atomic mass is 16.5. The van der Waals surface area contributed by atoms with E-state index in [4.69, 9.17) is 14.2 Å². The summed E-state index contributed by atoms with van der Waals surface area (Å²) in [5, 5.41) is 52.1. The molecular formula is C30H30O10. The highest BCUT2D eigenvalue weighted by molar-refractivity contribution is 6.13. The second kappa shape index (κ2) is 11.0. The maximum Gasteiger partial charge on any atom is 0.340 e. The summed E-state index contributed by atoms with van der Waals surface area (Å²) < 4.78 is 16.6. The molecule has 0 aliphatic rings. The van der Waals surface area contributed by atoms with Crippen molar-refractivity contribution < 1.29 is 49.3 Å². The number of fused-ring (bicyclic) bond motifs is 2. The summed E-state index contributed by atoms with van der Waals surface area (Å²) in [5.74, 6) is -1.97. The average molecular weight is 551 g/mol. The summed E-state index contributed by atoms with van der Waals surface area (Å²) in [4.78, 5) is 24.6. The van der Waals surface area contributed by atoms with Crippen molar-refractivity contribution in [3.8, 4) is 28.4 Å². The van der Waals surface area contributed by atoms with E-state index in [-0.39, 0.29) is 33.8 Å². The van der Waals surface area contributed by atoms with Crippen LogP contribution < -0.4 is 14.2 Å². The Balaban J connectivity index is 2.24. The summed E-state index contributed by atoms with van der Waals surface area (Å²) in [6.07, 6.45) is 0. The van der Waals surface area contributed by atoms with Gasteiger partial charge in [-0.1, -0.05) is 0 Å². The molecule has 4 rings (SSSR count). The predicted octanol–water partition coefficient (Wildman–Crippen LogP) is 4.18. The lowest BCUT2D eigenvalue weighted by Gasteiger charge is -2.23. The topological polar surface area (TPSA) is 163 Å². The molecule has 0 fully saturated rings. The Labute approximate surface area is 229 Å². The van der Waals surface area contributed by atoms with Crippen LogP contribution in [0.25, 0.3) is 32.7 Å². The van der Waals surface area contributed by atoms with Crippen LogP contribution in [0.4, 0.5) is 0 Å². The average Bonchev–Trinajstić information content (AvgIpc) is 2.93. The Bertz CT molecular complexity index is 1560. The van der Waals surface area contributed by atoms with Gasteiger partial charge in [0.2, 0.25) is 0 Å². The molecule has 0 amide bonds. The number of hydrogen-bond acceptors (Lipinski definition) is 8. The number of benzene rings is 4. The fraction of sp³-hybridized carbons (Fsp3) is 0.267. The molecule has 210 valence electrons. The lowest BCUT2D eigenvalue weighted by molar-refractivity contribution is 0.0684. The van der Waals surface area contributed by atoms with Crippen molar-refractivity contribution in [3.63, 3.8) is 0 Å². The molecule has 4 aromatic rings. The number of ether oxygens (including phenoxy) is 3. The summed E-state index contributed by atoms with van der Waals surface area (Å²) in [6, 6.07) is 6.55. The Morgan fingerprint density at radius 3 is 1.65 bits per heavy atom. The van der Waals surface area contributed by atoms with Crippen molar-refractivity contribution in [3.05, 3.63) is 63.2 Å². The minimum Gasteiger partial charge on any atom is -0.495 e. The summed E-state index contributed by atoms with van der Waals surface area (Å²) in [6.45, 7) is 2.00. The predicted molar refractivity (Wildman–Crippen MR) is 148 cm³/mol. The monoisotopic (exact) mass is 550 g/mol. The van der Waals surface area contributed by atoms with Gasteiger partial charge in [0.25, 0.3) is 0 Å². The largest absolute Gasteiger partial charge is 0.495 e. The van der Waals surface area contributed by atoms with E-state index in [1.807, 2.05) is 0 Å². The lowest BCUT2D eigenvalue weighted by Crippen LogP contribution is -2.09. The van der Waals surface area contributed by atoms with E-state index in [1.165, 1.54) is 21.3 Å². The fourth-order valence-corrected chi connectivity index (χ4v) is 5.62. The van der Waals surface area contributed by atoms with Crippen LogP contribution in [0.2, 0.25) is 0 Å². The minimum atomic E-state index is -1.27. The van der Waals surface area contributed by atoms with E-state index >= 15 is 0 Å². The van der Waals surface area contributed by atoms with Crippen molar-refractivity contribution >= 4 is 33.5 Å². The number of methoxy groups -OCH3 is 3. The SMILES string of the molecule is COc1cc2c(CO)c(-c3c(C)cc4c(C(=O)O)c(CO)c(CO)cc4c3OC)c(C)cc2c(C(=O)O)c1OC. The van der Waals surface area contributed by atoms with Crippen molar-refractivity contribution in [2.45, 2.75) is 33.7 Å². The number of carboxylic acid groups (broad SMARTS) is 2. The second-order valence-corrected chi connectivity index (χ2v) is 9.30. The van der Waals surface area contributed by atoms with Gasteiger partial charge in [-0.25, -0.2) is 9.59 Å². The van der Waals surface area contributed by atoms with Gasteiger partial charge in [-0.2, -0.15) is 0 Å². The van der Waals surface area contributed by atoms with Crippen molar-refractivity contribution in [1.82, 2.24) is 0 Å². The van der Waals surface area contributed by atoms with Crippen LogP contribution in [-0.2, 0) is 19.8 Å². The van der Waals surface area contributed by atoms with Gasteiger partial charge in [0.15, 0.2) is 11.5 Å². The lowest BCUT2D eigenvalue weighted by atomic mass is 9.84. The zero-order valence-electron chi connectivity index (χ0n) is 22.7. The van der Waals surface area contributed by atoms with Gasteiger partial charge in [-0.15, -0.1) is 0 Å². The molecule has 10 heteroatoms. The molecule has 0 unspecified atom stereocenters. The number of carbonyl (C=O) groups is 2. The van der Waals surface area contributed by atoms with Gasteiger partial charge in [-0.05, 0) is 76.9 Å². The van der Waals surface area contributed by atoms with Crippen molar-refractivity contribution in [2.75, 3.05) is 21.3 Å². The zero-order valence-corrected chi connectivity index (χ0v) is 22.7. The van der Waals surface area contributed by atoms with Crippen molar-refractivity contribution in [1.29, 1.82) is 0 Å². The van der Waals surface area contributed by atoms with Gasteiger partial charge >= 0.3 is 11.9 Å². The molecule has 40 heavy (non-hydrogen) atoms. The van der Waals surface area contributed by atoms with Gasteiger partial charge < -0.3 is 39.7 Å². The number of aliphatic hydroxyl groups is 3. The summed E-state index contributed by atoms with van der Waals surface area (Å²) in [7, 11) is 4.17. The minimum absolute atomic E-state index is 0.0513. The first-order chi connectivity index (χ1) is 19.1. The first kappa shape index (κ1) is 28.6. The summed E-state index contributed by atoms with van der Waals surface area (Å²) >= 11 is 0. The van der Waals surface area contributed by atoms with Crippen LogP contribution in [-0.4, -0.2) is 58.8 Å². The van der Waals surface area contributed by atoms with Crippen LogP contribution in [0.5, 0.6) is 17.2 Å². The van der Waals surface area contributed by atoms with Crippen LogP contribution in [0.1, 0.15) is 48.5 Å². The van der Waals surface area contributed by atoms with Crippen LogP contribution in [0.15, 0.2) is 24.3 Å². The maximum atomic E-state index is 12.3. The number of aryl methyl sites for hydroxylation is 2. The van der Waals surface area contributed by atoms with Gasteiger partial charge in [0, 0.05) is 21.7 Å². The second-order valence-electron chi connectivity index (χ2n) is 9.30. The number of aliphatic hydroxyl groups excluding tert-OH is 3. The molecule has 0 aromatic heterocycles.